The zero-order valence-electron chi connectivity index (χ0n) is 12.0. The molecule has 0 bridgehead atoms. The van der Waals surface area contributed by atoms with Crippen LogP contribution in [0.3, 0.4) is 0 Å². The van der Waals surface area contributed by atoms with E-state index >= 15 is 0 Å². The molecule has 18 heavy (non-hydrogen) atoms. The van der Waals surface area contributed by atoms with Gasteiger partial charge in [0.05, 0.1) is 6.61 Å². The summed E-state index contributed by atoms with van der Waals surface area (Å²) in [4.78, 5) is 2.22. The molecule has 0 fully saturated rings. The molecule has 0 radical (unpaired) electrons. The van der Waals surface area contributed by atoms with E-state index in [1.54, 1.807) is 0 Å². The Kier molecular flexibility index (Phi) is 5.79. The zero-order chi connectivity index (χ0) is 13.6. The van der Waals surface area contributed by atoms with Gasteiger partial charge in [-0.05, 0) is 30.6 Å². The minimum absolute atomic E-state index is 0.115. The second-order valence-corrected chi connectivity index (χ2v) is 5.98. The van der Waals surface area contributed by atoms with Crippen LogP contribution in [-0.4, -0.2) is 37.2 Å². The molecule has 0 spiro atoms. The highest BCUT2D eigenvalue weighted by Gasteiger charge is 2.17. The number of benzene rings is 1. The molecule has 2 N–H and O–H groups in total. The third kappa shape index (κ3) is 5.63. The number of hydrogen-bond acceptors (Lipinski definition) is 3. The number of hydrogen-bond donors (Lipinski definition) is 2. The topological polar surface area (TPSA) is 35.5 Å². The van der Waals surface area contributed by atoms with Crippen LogP contribution < -0.4 is 5.32 Å². The molecule has 0 saturated carbocycles. The van der Waals surface area contributed by atoms with Crippen LogP contribution in [0.1, 0.15) is 25.0 Å². The highest BCUT2D eigenvalue weighted by Crippen LogP contribution is 2.14. The lowest BCUT2D eigenvalue weighted by atomic mass is 9.93. The van der Waals surface area contributed by atoms with Crippen LogP contribution in [0.15, 0.2) is 24.3 Å². The summed E-state index contributed by atoms with van der Waals surface area (Å²) in [6, 6.07) is 8.08. The molecule has 0 aromatic heterocycles. The van der Waals surface area contributed by atoms with Crippen LogP contribution in [0.25, 0.3) is 0 Å². The fourth-order valence-corrected chi connectivity index (χ4v) is 2.22. The van der Waals surface area contributed by atoms with E-state index in [0.717, 1.165) is 25.2 Å². The Bertz CT molecular complexity index is 344. The van der Waals surface area contributed by atoms with Gasteiger partial charge in [0.25, 0.3) is 0 Å². The SMILES string of the molecule is CN(C)CC(C)(C)CNCc1ccc(CO)cc1. The summed E-state index contributed by atoms with van der Waals surface area (Å²) in [6.07, 6.45) is 0. The average molecular weight is 250 g/mol. The van der Waals surface area contributed by atoms with E-state index in [1.165, 1.54) is 5.56 Å². The number of nitrogens with zero attached hydrogens (tertiary/aromatic N) is 1. The van der Waals surface area contributed by atoms with Crippen molar-refractivity contribution >= 4 is 0 Å². The Labute approximate surface area is 111 Å². The summed E-state index contributed by atoms with van der Waals surface area (Å²) in [5.41, 5.74) is 2.49. The molecule has 0 saturated heterocycles. The molecule has 3 nitrogen and oxygen atoms in total. The number of rotatable bonds is 7. The van der Waals surface area contributed by atoms with Crippen molar-refractivity contribution < 1.29 is 5.11 Å². The number of nitrogens with one attached hydrogen (secondary N) is 1. The third-order valence-corrected chi connectivity index (χ3v) is 2.88. The molecule has 1 rings (SSSR count). The molecular formula is C15H26N2O. The summed E-state index contributed by atoms with van der Waals surface area (Å²) in [5.74, 6) is 0. The van der Waals surface area contributed by atoms with E-state index in [1.807, 2.05) is 12.1 Å². The molecule has 0 aliphatic heterocycles. The van der Waals surface area contributed by atoms with Crippen LogP contribution in [0.2, 0.25) is 0 Å². The van der Waals surface area contributed by atoms with E-state index in [0.29, 0.717) is 0 Å². The maximum absolute atomic E-state index is 8.97. The minimum Gasteiger partial charge on any atom is -0.392 e. The predicted octanol–water partition coefficient (Wildman–Crippen LogP) is 1.86. The summed E-state index contributed by atoms with van der Waals surface area (Å²) < 4.78 is 0. The molecule has 3 heteroatoms. The Balaban J connectivity index is 2.36. The maximum atomic E-state index is 8.97. The highest BCUT2D eigenvalue weighted by atomic mass is 16.3. The van der Waals surface area contributed by atoms with Crippen molar-refractivity contribution in [3.63, 3.8) is 0 Å². The second-order valence-electron chi connectivity index (χ2n) is 5.98. The fourth-order valence-electron chi connectivity index (χ4n) is 2.22. The van der Waals surface area contributed by atoms with Crippen LogP contribution >= 0.6 is 0 Å². The summed E-state index contributed by atoms with van der Waals surface area (Å²) in [6.45, 7) is 7.60. The fraction of sp³-hybridized carbons (Fsp3) is 0.600. The molecule has 0 aliphatic rings. The normalized spacial score (nSPS) is 12.1. The predicted molar refractivity (Wildman–Crippen MR) is 76.4 cm³/mol. The lowest BCUT2D eigenvalue weighted by Gasteiger charge is -2.28. The van der Waals surface area contributed by atoms with Crippen LogP contribution in [0.5, 0.6) is 0 Å². The summed E-state index contributed by atoms with van der Waals surface area (Å²) in [7, 11) is 4.21. The van der Waals surface area contributed by atoms with Gasteiger partial charge in [-0.1, -0.05) is 38.1 Å². The average Bonchev–Trinajstić information content (AvgIpc) is 2.28. The van der Waals surface area contributed by atoms with E-state index < -0.39 is 0 Å². The minimum atomic E-state index is 0.115. The van der Waals surface area contributed by atoms with Crippen molar-refractivity contribution in [3.8, 4) is 0 Å². The Morgan fingerprint density at radius 1 is 1.11 bits per heavy atom. The largest absolute Gasteiger partial charge is 0.392 e. The van der Waals surface area contributed by atoms with Gasteiger partial charge in [-0.25, -0.2) is 0 Å². The first-order valence-electron chi connectivity index (χ1n) is 6.47. The lowest BCUT2D eigenvalue weighted by Crippen LogP contribution is -2.37. The molecule has 1 aromatic carbocycles. The number of aliphatic hydroxyl groups is 1. The van der Waals surface area contributed by atoms with Gasteiger partial charge in [0.2, 0.25) is 0 Å². The molecule has 102 valence electrons. The molecule has 0 atom stereocenters. The van der Waals surface area contributed by atoms with Gasteiger partial charge < -0.3 is 15.3 Å². The lowest BCUT2D eigenvalue weighted by molar-refractivity contribution is 0.232. The van der Waals surface area contributed by atoms with Gasteiger partial charge in [-0.3, -0.25) is 0 Å². The van der Waals surface area contributed by atoms with E-state index in [2.05, 4.69) is 50.3 Å². The van der Waals surface area contributed by atoms with E-state index in [4.69, 9.17) is 5.11 Å². The Morgan fingerprint density at radius 3 is 2.17 bits per heavy atom. The monoisotopic (exact) mass is 250 g/mol. The van der Waals surface area contributed by atoms with Gasteiger partial charge in [0, 0.05) is 19.6 Å². The molecule has 1 aromatic rings. The standard InChI is InChI=1S/C15H26N2O/c1-15(2,12-17(3)4)11-16-9-13-5-7-14(10-18)8-6-13/h5-8,16,18H,9-12H2,1-4H3. The van der Waals surface area contributed by atoms with Crippen molar-refractivity contribution in [2.75, 3.05) is 27.2 Å². The van der Waals surface area contributed by atoms with Gasteiger partial charge in [-0.15, -0.1) is 0 Å². The Hall–Kier alpha value is -0.900. The highest BCUT2D eigenvalue weighted by molar-refractivity contribution is 5.21. The quantitative estimate of drug-likeness (QED) is 0.775. The molecule has 0 amide bonds. The van der Waals surface area contributed by atoms with Gasteiger partial charge in [0.1, 0.15) is 0 Å². The Morgan fingerprint density at radius 2 is 1.67 bits per heavy atom. The van der Waals surface area contributed by atoms with Crippen molar-refractivity contribution in [2.24, 2.45) is 5.41 Å². The van der Waals surface area contributed by atoms with E-state index in [-0.39, 0.29) is 12.0 Å². The zero-order valence-corrected chi connectivity index (χ0v) is 12.0. The van der Waals surface area contributed by atoms with Crippen molar-refractivity contribution in [1.29, 1.82) is 0 Å². The molecule has 0 aliphatic carbocycles. The van der Waals surface area contributed by atoms with Gasteiger partial charge in [0.15, 0.2) is 0 Å². The van der Waals surface area contributed by atoms with E-state index in [9.17, 15) is 0 Å². The smallest absolute Gasteiger partial charge is 0.0681 e. The first-order valence-corrected chi connectivity index (χ1v) is 6.47. The van der Waals surface area contributed by atoms with Crippen LogP contribution in [0.4, 0.5) is 0 Å². The molecule has 0 unspecified atom stereocenters. The maximum Gasteiger partial charge on any atom is 0.0681 e. The van der Waals surface area contributed by atoms with Crippen molar-refractivity contribution in [3.05, 3.63) is 35.4 Å². The summed E-state index contributed by atoms with van der Waals surface area (Å²) >= 11 is 0. The van der Waals surface area contributed by atoms with Gasteiger partial charge >= 0.3 is 0 Å². The molecule has 0 heterocycles. The first-order chi connectivity index (χ1) is 8.43. The number of aliphatic hydroxyl groups excluding tert-OH is 1. The first kappa shape index (κ1) is 15.2. The van der Waals surface area contributed by atoms with Gasteiger partial charge in [-0.2, -0.15) is 0 Å². The van der Waals surface area contributed by atoms with Crippen molar-refractivity contribution in [1.82, 2.24) is 10.2 Å². The van der Waals surface area contributed by atoms with Crippen molar-refractivity contribution in [2.45, 2.75) is 27.0 Å². The third-order valence-electron chi connectivity index (χ3n) is 2.88. The van der Waals surface area contributed by atoms with Crippen LogP contribution in [0, 0.1) is 5.41 Å². The van der Waals surface area contributed by atoms with Crippen LogP contribution in [-0.2, 0) is 13.2 Å². The summed E-state index contributed by atoms with van der Waals surface area (Å²) in [5, 5.41) is 12.5. The molecular weight excluding hydrogens is 224 g/mol. The second kappa shape index (κ2) is 6.88.